The maximum atomic E-state index is 13.1. The van der Waals surface area contributed by atoms with Crippen LogP contribution in [-0.2, 0) is 0 Å². The third-order valence-electron chi connectivity index (χ3n) is 3.37. The summed E-state index contributed by atoms with van der Waals surface area (Å²) in [6.45, 7) is 3.02. The fraction of sp³-hybridized carbons (Fsp3) is 0.462. The van der Waals surface area contributed by atoms with E-state index in [0.717, 1.165) is 18.2 Å². The molecule has 1 fully saturated rings. The van der Waals surface area contributed by atoms with Gasteiger partial charge in [0.25, 0.3) is 5.91 Å². The second-order valence-corrected chi connectivity index (χ2v) is 4.84. The van der Waals surface area contributed by atoms with Gasteiger partial charge in [0.05, 0.1) is 0 Å². The zero-order valence-corrected chi connectivity index (χ0v) is 10.2. The number of amides is 1. The molecule has 1 aromatic rings. The van der Waals surface area contributed by atoms with Crippen LogP contribution in [0.5, 0.6) is 0 Å². The first-order valence-corrected chi connectivity index (χ1v) is 5.98. The lowest BCUT2D eigenvalue weighted by atomic mass is 9.94. The maximum Gasteiger partial charge on any atom is 0.254 e. The molecule has 2 unspecified atom stereocenters. The average Bonchev–Trinajstić information content (AvgIpc) is 2.30. The number of carbonyl (C=O) groups is 1. The summed E-state index contributed by atoms with van der Waals surface area (Å²) < 4.78 is 26.1. The van der Waals surface area contributed by atoms with Crippen LogP contribution in [0.15, 0.2) is 18.2 Å². The summed E-state index contributed by atoms with van der Waals surface area (Å²) in [6, 6.07) is 2.96. The lowest BCUT2D eigenvalue weighted by molar-refractivity contribution is 0.0663. The second kappa shape index (κ2) is 5.02. The molecular formula is C13H16F2N2O. The molecule has 1 aliphatic rings. The summed E-state index contributed by atoms with van der Waals surface area (Å²) in [7, 11) is 0. The number of likely N-dealkylation sites (tertiary alicyclic amines) is 1. The van der Waals surface area contributed by atoms with Crippen molar-refractivity contribution in [1.82, 2.24) is 4.90 Å². The third kappa shape index (κ3) is 2.67. The molecule has 18 heavy (non-hydrogen) atoms. The van der Waals surface area contributed by atoms with Gasteiger partial charge in [-0.2, -0.15) is 0 Å². The van der Waals surface area contributed by atoms with Gasteiger partial charge >= 0.3 is 0 Å². The predicted octanol–water partition coefficient (Wildman–Crippen LogP) is 1.77. The Bertz CT molecular complexity index is 444. The lowest BCUT2D eigenvalue weighted by Crippen LogP contribution is -2.48. The molecule has 2 atom stereocenters. The minimum Gasteiger partial charge on any atom is -0.338 e. The standard InChI is InChI=1S/C13H16F2N2O/c1-8-7-17(3-2-12(8)16)13(18)9-4-10(14)6-11(15)5-9/h4-6,8,12H,2-3,7,16H2,1H3. The highest BCUT2D eigenvalue weighted by molar-refractivity contribution is 5.94. The Hall–Kier alpha value is -1.49. The molecule has 0 spiro atoms. The Labute approximate surface area is 105 Å². The normalized spacial score (nSPS) is 24.1. The highest BCUT2D eigenvalue weighted by Gasteiger charge is 2.27. The predicted molar refractivity (Wildman–Crippen MR) is 64.0 cm³/mol. The molecule has 0 bridgehead atoms. The lowest BCUT2D eigenvalue weighted by Gasteiger charge is -2.35. The zero-order valence-electron chi connectivity index (χ0n) is 10.2. The SMILES string of the molecule is CC1CN(C(=O)c2cc(F)cc(F)c2)CCC1N. The quantitative estimate of drug-likeness (QED) is 0.830. The Morgan fingerprint density at radius 1 is 1.33 bits per heavy atom. The van der Waals surface area contributed by atoms with E-state index in [0.29, 0.717) is 19.5 Å². The Morgan fingerprint density at radius 2 is 1.94 bits per heavy atom. The molecule has 3 nitrogen and oxygen atoms in total. The number of hydrogen-bond acceptors (Lipinski definition) is 2. The van der Waals surface area contributed by atoms with Gasteiger partial charge in [0.2, 0.25) is 0 Å². The van der Waals surface area contributed by atoms with Gasteiger partial charge in [-0.05, 0) is 24.5 Å². The smallest absolute Gasteiger partial charge is 0.254 e. The van der Waals surface area contributed by atoms with Crippen molar-refractivity contribution >= 4 is 5.91 Å². The first-order valence-electron chi connectivity index (χ1n) is 5.98. The van der Waals surface area contributed by atoms with Crippen molar-refractivity contribution in [2.45, 2.75) is 19.4 Å². The largest absolute Gasteiger partial charge is 0.338 e. The second-order valence-electron chi connectivity index (χ2n) is 4.84. The number of hydrogen-bond donors (Lipinski definition) is 1. The van der Waals surface area contributed by atoms with Gasteiger partial charge in [0.1, 0.15) is 11.6 Å². The van der Waals surface area contributed by atoms with E-state index in [9.17, 15) is 13.6 Å². The van der Waals surface area contributed by atoms with Gasteiger partial charge in [-0.25, -0.2) is 8.78 Å². The molecule has 1 aliphatic heterocycles. The van der Waals surface area contributed by atoms with Crippen molar-refractivity contribution in [3.05, 3.63) is 35.4 Å². The molecular weight excluding hydrogens is 238 g/mol. The summed E-state index contributed by atoms with van der Waals surface area (Å²) in [4.78, 5) is 13.7. The van der Waals surface area contributed by atoms with Crippen molar-refractivity contribution in [3.8, 4) is 0 Å². The third-order valence-corrected chi connectivity index (χ3v) is 3.37. The summed E-state index contributed by atoms with van der Waals surface area (Å²) >= 11 is 0. The van der Waals surface area contributed by atoms with Crippen LogP contribution in [-0.4, -0.2) is 29.9 Å². The highest BCUT2D eigenvalue weighted by Crippen LogP contribution is 2.18. The van der Waals surface area contributed by atoms with Crippen LogP contribution in [0.2, 0.25) is 0 Å². The Morgan fingerprint density at radius 3 is 2.50 bits per heavy atom. The molecule has 1 heterocycles. The van der Waals surface area contributed by atoms with E-state index in [4.69, 9.17) is 5.73 Å². The van der Waals surface area contributed by atoms with E-state index in [1.165, 1.54) is 0 Å². The number of rotatable bonds is 1. The number of carbonyl (C=O) groups excluding carboxylic acids is 1. The summed E-state index contributed by atoms with van der Waals surface area (Å²) in [5, 5.41) is 0. The van der Waals surface area contributed by atoms with E-state index in [2.05, 4.69) is 0 Å². The number of piperidine rings is 1. The minimum absolute atomic E-state index is 0.0511. The average molecular weight is 254 g/mol. The molecule has 1 saturated heterocycles. The fourth-order valence-corrected chi connectivity index (χ4v) is 2.21. The van der Waals surface area contributed by atoms with Crippen molar-refractivity contribution in [3.63, 3.8) is 0 Å². The van der Waals surface area contributed by atoms with Gasteiger partial charge in [-0.1, -0.05) is 6.92 Å². The molecule has 1 amide bonds. The van der Waals surface area contributed by atoms with Crippen LogP contribution in [0.25, 0.3) is 0 Å². The molecule has 5 heteroatoms. The van der Waals surface area contributed by atoms with E-state index < -0.39 is 11.6 Å². The van der Waals surface area contributed by atoms with Gasteiger partial charge in [-0.3, -0.25) is 4.79 Å². The van der Waals surface area contributed by atoms with Crippen molar-refractivity contribution in [2.24, 2.45) is 11.7 Å². The van der Waals surface area contributed by atoms with Gasteiger partial charge in [0, 0.05) is 30.8 Å². The molecule has 1 aromatic carbocycles. The van der Waals surface area contributed by atoms with Crippen molar-refractivity contribution in [2.75, 3.05) is 13.1 Å². The highest BCUT2D eigenvalue weighted by atomic mass is 19.1. The van der Waals surface area contributed by atoms with Gasteiger partial charge < -0.3 is 10.6 Å². The molecule has 0 aliphatic carbocycles. The first kappa shape index (κ1) is 13.0. The number of nitrogens with zero attached hydrogens (tertiary/aromatic N) is 1. The van der Waals surface area contributed by atoms with Crippen LogP contribution in [0, 0.1) is 17.6 Å². The van der Waals surface area contributed by atoms with Crippen LogP contribution >= 0.6 is 0 Å². The van der Waals surface area contributed by atoms with Crippen LogP contribution in [0.3, 0.4) is 0 Å². The van der Waals surface area contributed by atoms with E-state index >= 15 is 0 Å². The van der Waals surface area contributed by atoms with Crippen molar-refractivity contribution < 1.29 is 13.6 Å². The van der Waals surface area contributed by atoms with Crippen LogP contribution < -0.4 is 5.73 Å². The molecule has 0 saturated carbocycles. The van der Waals surface area contributed by atoms with E-state index in [1.807, 2.05) is 6.92 Å². The molecule has 0 aromatic heterocycles. The fourth-order valence-electron chi connectivity index (χ4n) is 2.21. The first-order chi connectivity index (χ1) is 8.47. The van der Waals surface area contributed by atoms with E-state index in [1.54, 1.807) is 4.90 Å². The molecule has 2 N–H and O–H groups in total. The zero-order chi connectivity index (χ0) is 13.3. The number of nitrogens with two attached hydrogens (primary N) is 1. The summed E-state index contributed by atoms with van der Waals surface area (Å²) in [6.07, 6.45) is 0.713. The maximum absolute atomic E-state index is 13.1. The van der Waals surface area contributed by atoms with Gasteiger partial charge in [-0.15, -0.1) is 0 Å². The molecule has 98 valence electrons. The van der Waals surface area contributed by atoms with Crippen LogP contribution in [0.1, 0.15) is 23.7 Å². The molecule has 0 radical (unpaired) electrons. The Kier molecular flexibility index (Phi) is 3.61. The monoisotopic (exact) mass is 254 g/mol. The number of halogens is 2. The Balaban J connectivity index is 2.16. The van der Waals surface area contributed by atoms with Crippen LogP contribution in [0.4, 0.5) is 8.78 Å². The molecule has 2 rings (SSSR count). The number of benzene rings is 1. The van der Waals surface area contributed by atoms with E-state index in [-0.39, 0.29) is 23.4 Å². The topological polar surface area (TPSA) is 46.3 Å². The van der Waals surface area contributed by atoms with Crippen molar-refractivity contribution in [1.29, 1.82) is 0 Å². The summed E-state index contributed by atoms with van der Waals surface area (Å²) in [5.74, 6) is -1.62. The summed E-state index contributed by atoms with van der Waals surface area (Å²) in [5.41, 5.74) is 5.92. The van der Waals surface area contributed by atoms with Gasteiger partial charge in [0.15, 0.2) is 0 Å². The minimum atomic E-state index is -0.736.